The maximum atomic E-state index is 13.3. The minimum atomic E-state index is -1.60. The molecule has 49 heavy (non-hydrogen) atoms. The highest BCUT2D eigenvalue weighted by molar-refractivity contribution is 5.94. The molecule has 1 unspecified atom stereocenters. The number of ether oxygens (including phenoxy) is 3. The van der Waals surface area contributed by atoms with Gasteiger partial charge in [0.2, 0.25) is 17.7 Å². The lowest BCUT2D eigenvalue weighted by atomic mass is 10.1. The molecule has 2 fully saturated rings. The molecule has 2 aliphatic heterocycles. The maximum absolute atomic E-state index is 13.3. The highest BCUT2D eigenvalue weighted by Gasteiger charge is 2.41. The first-order valence-electron chi connectivity index (χ1n) is 16.2. The molecule has 0 aliphatic carbocycles. The summed E-state index contributed by atoms with van der Waals surface area (Å²) in [5.74, 6) is -3.95. The molecule has 16 nitrogen and oxygen atoms in total. The lowest BCUT2D eigenvalue weighted by Gasteiger charge is -2.33. The van der Waals surface area contributed by atoms with Crippen LogP contribution in [0.5, 0.6) is 0 Å². The Morgan fingerprint density at radius 2 is 1.53 bits per heavy atom. The van der Waals surface area contributed by atoms with Gasteiger partial charge in [0.1, 0.15) is 43.0 Å². The van der Waals surface area contributed by atoms with Gasteiger partial charge >= 0.3 is 24.1 Å². The van der Waals surface area contributed by atoms with Gasteiger partial charge < -0.3 is 39.8 Å². The van der Waals surface area contributed by atoms with Gasteiger partial charge in [-0.05, 0) is 65.9 Å². The molecule has 0 radical (unpaired) electrons. The molecule has 2 aliphatic rings. The van der Waals surface area contributed by atoms with E-state index in [4.69, 9.17) is 14.2 Å². The molecule has 3 N–H and O–H groups in total. The van der Waals surface area contributed by atoms with Crippen LogP contribution < -0.4 is 10.6 Å². The van der Waals surface area contributed by atoms with Gasteiger partial charge in [-0.15, -0.1) is 0 Å². The number of rotatable bonds is 12. The van der Waals surface area contributed by atoms with Crippen LogP contribution in [0.15, 0.2) is 30.3 Å². The third kappa shape index (κ3) is 10.8. The Hall–Kier alpha value is -4.89. The molecule has 5 amide bonds. The van der Waals surface area contributed by atoms with Crippen molar-refractivity contribution in [2.75, 3.05) is 26.7 Å². The first kappa shape index (κ1) is 38.6. The van der Waals surface area contributed by atoms with Crippen molar-refractivity contribution in [2.24, 2.45) is 0 Å². The molecule has 16 heteroatoms. The number of hydrogen-bond donors (Lipinski definition) is 3. The van der Waals surface area contributed by atoms with Crippen LogP contribution in [-0.4, -0.2) is 124 Å². The van der Waals surface area contributed by atoms with Gasteiger partial charge in [-0.3, -0.25) is 19.3 Å². The Morgan fingerprint density at radius 1 is 0.918 bits per heavy atom. The molecule has 0 saturated carbocycles. The van der Waals surface area contributed by atoms with E-state index in [0.29, 0.717) is 31.4 Å². The zero-order chi connectivity index (χ0) is 36.5. The zero-order valence-corrected chi connectivity index (χ0v) is 28.8. The van der Waals surface area contributed by atoms with Gasteiger partial charge in [0.25, 0.3) is 0 Å². The van der Waals surface area contributed by atoms with E-state index in [9.17, 15) is 38.7 Å². The van der Waals surface area contributed by atoms with E-state index in [2.05, 4.69) is 10.6 Å². The normalized spacial score (nSPS) is 19.2. The Balaban J connectivity index is 1.52. The van der Waals surface area contributed by atoms with Gasteiger partial charge in [0, 0.05) is 20.1 Å². The molecule has 5 atom stereocenters. The molecule has 2 saturated heterocycles. The van der Waals surface area contributed by atoms with Crippen molar-refractivity contribution in [2.45, 2.75) is 103 Å². The number of hydrogen-bond acceptors (Lipinski definition) is 10. The molecule has 1 aromatic rings. The summed E-state index contributed by atoms with van der Waals surface area (Å²) in [4.78, 5) is 93.1. The van der Waals surface area contributed by atoms with Crippen LogP contribution in [0.2, 0.25) is 0 Å². The van der Waals surface area contributed by atoms with Crippen LogP contribution in [-0.2, 0) is 44.8 Å². The molecular weight excluding hydrogens is 642 g/mol. The molecule has 0 bridgehead atoms. The predicted octanol–water partition coefficient (Wildman–Crippen LogP) is 1.65. The summed E-state index contributed by atoms with van der Waals surface area (Å²) in [7, 11) is 1.44. The van der Waals surface area contributed by atoms with E-state index < -0.39 is 84.3 Å². The lowest BCUT2D eigenvalue weighted by Crippen LogP contribution is -2.56. The third-order valence-electron chi connectivity index (χ3n) is 8.21. The number of esters is 1. The number of carbonyl (C=O) groups is 7. The van der Waals surface area contributed by atoms with Crippen molar-refractivity contribution in [1.82, 2.24) is 25.3 Å². The van der Waals surface area contributed by atoms with Crippen molar-refractivity contribution in [3.05, 3.63) is 35.9 Å². The molecule has 2 heterocycles. The number of likely N-dealkylation sites (N-methyl/N-ethyl adjacent to an activating group) is 1. The molecule has 0 spiro atoms. The fourth-order valence-electron chi connectivity index (χ4n) is 5.43. The van der Waals surface area contributed by atoms with Crippen molar-refractivity contribution < 1.29 is 52.9 Å². The summed E-state index contributed by atoms with van der Waals surface area (Å²) in [5.41, 5.74) is -0.0467. The Bertz CT molecular complexity index is 1380. The van der Waals surface area contributed by atoms with Gasteiger partial charge in [-0.1, -0.05) is 30.3 Å². The van der Waals surface area contributed by atoms with Crippen molar-refractivity contribution in [1.29, 1.82) is 0 Å². The second-order valence-corrected chi connectivity index (χ2v) is 13.1. The molecule has 3 rings (SSSR count). The number of alkyl carbamates (subject to hydrolysis) is 1. The van der Waals surface area contributed by atoms with Crippen molar-refractivity contribution in [3.63, 3.8) is 0 Å². The minimum Gasteiger partial charge on any atom is -0.480 e. The number of likely N-dealkylation sites (tertiary alicyclic amines) is 2. The standard InChI is InChI=1S/C33H47N5O11/c1-20(34-26(39)21(2)36(6)28(41)24-14-10-17-38(24)32(46)49-33(3,4)5)27(40)37-16-11-15-25(37)30(44)47-19-23(29(42)43)35-31(45)48-18-22-12-8-7-9-13-22/h7-9,12-13,20-21,23-25H,10-11,14-19H2,1-6H3,(H,34,39)(H,35,45)(H,42,43)/t20?,21-,23-,24-,25-/m0/s1. The largest absolute Gasteiger partial charge is 0.480 e. The van der Waals surface area contributed by atoms with E-state index in [1.807, 2.05) is 0 Å². The summed E-state index contributed by atoms with van der Waals surface area (Å²) in [6.07, 6.45) is 0.104. The third-order valence-corrected chi connectivity index (χ3v) is 8.21. The van der Waals surface area contributed by atoms with Crippen LogP contribution in [0.4, 0.5) is 9.59 Å². The van der Waals surface area contributed by atoms with Gasteiger partial charge in [-0.25, -0.2) is 19.2 Å². The summed E-state index contributed by atoms with van der Waals surface area (Å²) < 4.78 is 15.7. The number of benzene rings is 1. The highest BCUT2D eigenvalue weighted by atomic mass is 16.6. The topological polar surface area (TPSA) is 201 Å². The number of carboxylic acids is 1. The van der Waals surface area contributed by atoms with E-state index >= 15 is 0 Å². The van der Waals surface area contributed by atoms with Crippen LogP contribution in [0.1, 0.15) is 65.9 Å². The summed E-state index contributed by atoms with van der Waals surface area (Å²) in [5, 5.41) is 14.3. The average molecular weight is 690 g/mol. The summed E-state index contributed by atoms with van der Waals surface area (Å²) in [6, 6.07) is 3.25. The number of nitrogens with one attached hydrogen (secondary N) is 2. The number of aliphatic carboxylic acids is 1. The zero-order valence-electron chi connectivity index (χ0n) is 28.8. The second kappa shape index (κ2) is 17.0. The number of carboxylic acid groups (broad SMARTS) is 1. The lowest BCUT2D eigenvalue weighted by molar-refractivity contribution is -0.156. The average Bonchev–Trinajstić information content (AvgIpc) is 3.74. The minimum absolute atomic E-state index is 0.0920. The van der Waals surface area contributed by atoms with E-state index in [0.717, 1.165) is 0 Å². The Kier molecular flexibility index (Phi) is 13.4. The van der Waals surface area contributed by atoms with Crippen LogP contribution in [0.25, 0.3) is 0 Å². The summed E-state index contributed by atoms with van der Waals surface area (Å²) >= 11 is 0. The fraction of sp³-hybridized carbons (Fsp3) is 0.606. The fourth-order valence-corrected chi connectivity index (χ4v) is 5.43. The molecule has 0 aromatic heterocycles. The first-order chi connectivity index (χ1) is 23.0. The van der Waals surface area contributed by atoms with Crippen molar-refractivity contribution in [3.8, 4) is 0 Å². The quantitative estimate of drug-likeness (QED) is 0.213. The number of carbonyl (C=O) groups excluding carboxylic acids is 6. The van der Waals surface area contributed by atoms with Crippen molar-refractivity contribution >= 4 is 41.8 Å². The van der Waals surface area contributed by atoms with Gasteiger partial charge in [0.05, 0.1) is 0 Å². The molecule has 1 aromatic carbocycles. The summed E-state index contributed by atoms with van der Waals surface area (Å²) in [6.45, 7) is 7.88. The van der Waals surface area contributed by atoms with E-state index in [1.165, 1.54) is 35.6 Å². The van der Waals surface area contributed by atoms with Gasteiger partial charge in [0.15, 0.2) is 6.04 Å². The highest BCUT2D eigenvalue weighted by Crippen LogP contribution is 2.23. The smallest absolute Gasteiger partial charge is 0.410 e. The first-order valence-corrected chi connectivity index (χ1v) is 16.2. The van der Waals surface area contributed by atoms with Gasteiger partial charge in [-0.2, -0.15) is 0 Å². The molecule has 270 valence electrons. The Morgan fingerprint density at radius 3 is 2.14 bits per heavy atom. The SMILES string of the molecule is CC(NC(=O)[C@H](C)N(C)C(=O)[C@@H]1CCCN1C(=O)OC(C)(C)C)C(=O)N1CCC[C@H]1C(=O)OC[C@H](NC(=O)OCc1ccccc1)C(=O)O. The van der Waals surface area contributed by atoms with Crippen LogP contribution in [0.3, 0.4) is 0 Å². The number of amides is 5. The second-order valence-electron chi connectivity index (χ2n) is 13.1. The van der Waals surface area contributed by atoms with E-state index in [1.54, 1.807) is 51.1 Å². The monoisotopic (exact) mass is 689 g/mol. The van der Waals surface area contributed by atoms with E-state index in [-0.39, 0.29) is 19.6 Å². The number of nitrogens with zero attached hydrogens (tertiary/aromatic N) is 3. The van der Waals surface area contributed by atoms with Crippen LogP contribution in [0, 0.1) is 0 Å². The maximum Gasteiger partial charge on any atom is 0.410 e. The Labute approximate surface area is 285 Å². The van der Waals surface area contributed by atoms with Crippen LogP contribution >= 0.6 is 0 Å². The molecular formula is C33H47N5O11. The predicted molar refractivity (Wildman–Crippen MR) is 173 cm³/mol.